The zero-order valence-electron chi connectivity index (χ0n) is 11.1. The Kier molecular flexibility index (Phi) is 3.90. The summed E-state index contributed by atoms with van der Waals surface area (Å²) in [5.41, 5.74) is 0.329. The van der Waals surface area contributed by atoms with Crippen LogP contribution >= 0.6 is 35.0 Å². The van der Waals surface area contributed by atoms with Crippen LogP contribution < -0.4 is 5.43 Å². The average molecular weight is 344 g/mol. The normalized spacial score (nSPS) is 13.5. The van der Waals surface area contributed by atoms with Crippen LogP contribution in [0.2, 0.25) is 10.0 Å². The number of pyridine rings is 1. The second kappa shape index (κ2) is 5.55. The van der Waals surface area contributed by atoms with Crippen molar-refractivity contribution in [2.24, 2.45) is 0 Å². The summed E-state index contributed by atoms with van der Waals surface area (Å²) in [5, 5.41) is 1.39. The summed E-state index contributed by atoms with van der Waals surface area (Å²) in [7, 11) is 0. The zero-order chi connectivity index (χ0) is 15.1. The lowest BCUT2D eigenvalue weighted by Crippen LogP contribution is -2.22. The van der Waals surface area contributed by atoms with Crippen molar-refractivity contribution in [3.05, 3.63) is 38.0 Å². The molecule has 0 saturated carbocycles. The van der Waals surface area contributed by atoms with Gasteiger partial charge < -0.3 is 9.30 Å². The Bertz CT molecular complexity index is 816. The highest BCUT2D eigenvalue weighted by Crippen LogP contribution is 2.35. The number of thioether (sulfide) groups is 1. The molecule has 2 heterocycles. The van der Waals surface area contributed by atoms with Gasteiger partial charge in [-0.2, -0.15) is 0 Å². The second-order valence-corrected chi connectivity index (χ2v) is 6.35. The molecule has 0 aliphatic carbocycles. The van der Waals surface area contributed by atoms with Gasteiger partial charge in [-0.1, -0.05) is 23.2 Å². The van der Waals surface area contributed by atoms with Crippen LogP contribution in [-0.2, 0) is 11.3 Å². The number of benzene rings is 1. The summed E-state index contributed by atoms with van der Waals surface area (Å²) < 4.78 is 6.94. The van der Waals surface area contributed by atoms with E-state index in [-0.39, 0.29) is 22.6 Å². The first-order chi connectivity index (χ1) is 10.1. The van der Waals surface area contributed by atoms with Crippen molar-refractivity contribution in [1.29, 1.82) is 0 Å². The molecule has 1 aliphatic heterocycles. The van der Waals surface area contributed by atoms with Gasteiger partial charge in [-0.05, 0) is 19.1 Å². The van der Waals surface area contributed by atoms with E-state index in [0.29, 0.717) is 22.1 Å². The molecule has 4 nitrogen and oxygen atoms in total. The Labute approximate surface area is 135 Å². The van der Waals surface area contributed by atoms with E-state index in [9.17, 15) is 9.59 Å². The minimum atomic E-state index is -0.612. The van der Waals surface area contributed by atoms with Crippen LogP contribution in [0.15, 0.2) is 22.0 Å². The van der Waals surface area contributed by atoms with Crippen molar-refractivity contribution >= 4 is 51.8 Å². The first kappa shape index (κ1) is 14.8. The van der Waals surface area contributed by atoms with Crippen LogP contribution in [0.3, 0.4) is 0 Å². The predicted octanol–water partition coefficient (Wildman–Crippen LogP) is 3.59. The van der Waals surface area contributed by atoms with E-state index >= 15 is 0 Å². The van der Waals surface area contributed by atoms with Gasteiger partial charge in [0.15, 0.2) is 0 Å². The van der Waals surface area contributed by atoms with Gasteiger partial charge in [0.2, 0.25) is 5.43 Å². The molecule has 2 aromatic rings. The maximum absolute atomic E-state index is 12.7. The summed E-state index contributed by atoms with van der Waals surface area (Å²) >= 11 is 13.7. The van der Waals surface area contributed by atoms with Crippen molar-refractivity contribution in [1.82, 2.24) is 4.57 Å². The molecular weight excluding hydrogens is 333 g/mol. The number of nitrogens with zero attached hydrogens (tertiary/aromatic N) is 1. The molecule has 0 N–H and O–H groups in total. The number of esters is 1. The van der Waals surface area contributed by atoms with Crippen LogP contribution in [-0.4, -0.2) is 22.9 Å². The monoisotopic (exact) mass is 343 g/mol. The first-order valence-electron chi connectivity index (χ1n) is 6.40. The number of rotatable bonds is 2. The molecule has 0 fully saturated rings. The van der Waals surface area contributed by atoms with E-state index in [4.69, 9.17) is 27.9 Å². The van der Waals surface area contributed by atoms with Crippen molar-refractivity contribution in [2.45, 2.75) is 18.5 Å². The minimum absolute atomic E-state index is 0.0519. The number of hydrogen-bond donors (Lipinski definition) is 0. The second-order valence-electron chi connectivity index (χ2n) is 4.49. The molecule has 7 heteroatoms. The molecule has 3 rings (SSSR count). The smallest absolute Gasteiger partial charge is 0.344 e. The lowest BCUT2D eigenvalue weighted by molar-refractivity contribution is 0.0519. The van der Waals surface area contributed by atoms with Crippen LogP contribution in [0.1, 0.15) is 17.3 Å². The Morgan fingerprint density at radius 1 is 1.43 bits per heavy atom. The van der Waals surface area contributed by atoms with Crippen LogP contribution in [0, 0.1) is 0 Å². The van der Waals surface area contributed by atoms with Gasteiger partial charge >= 0.3 is 5.97 Å². The number of carbonyl (C=O) groups is 1. The number of carbonyl (C=O) groups excluding carboxylic acids is 1. The number of fused-ring (bicyclic) bond motifs is 3. The fraction of sp³-hybridized carbons (Fsp3) is 0.286. The van der Waals surface area contributed by atoms with Crippen LogP contribution in [0.5, 0.6) is 0 Å². The minimum Gasteiger partial charge on any atom is -0.462 e. The molecule has 0 radical (unpaired) electrons. The lowest BCUT2D eigenvalue weighted by Gasteiger charge is -2.13. The van der Waals surface area contributed by atoms with Crippen molar-refractivity contribution < 1.29 is 9.53 Å². The van der Waals surface area contributed by atoms with Gasteiger partial charge in [0.25, 0.3) is 0 Å². The van der Waals surface area contributed by atoms with Crippen LogP contribution in [0.4, 0.5) is 0 Å². The third kappa shape index (κ3) is 2.24. The van der Waals surface area contributed by atoms with E-state index in [1.165, 1.54) is 11.8 Å². The molecule has 21 heavy (non-hydrogen) atoms. The number of aromatic nitrogens is 1. The fourth-order valence-electron chi connectivity index (χ4n) is 2.44. The quantitative estimate of drug-likeness (QED) is 0.781. The Morgan fingerprint density at radius 2 is 2.19 bits per heavy atom. The van der Waals surface area contributed by atoms with Gasteiger partial charge in [0, 0.05) is 12.3 Å². The molecule has 0 amide bonds. The SMILES string of the molecule is CCOC(=O)c1c2n(c3ccc(Cl)c(Cl)c3c1=O)CCS2. The predicted molar refractivity (Wildman–Crippen MR) is 84.9 cm³/mol. The summed E-state index contributed by atoms with van der Waals surface area (Å²) in [6.07, 6.45) is 0. The summed E-state index contributed by atoms with van der Waals surface area (Å²) in [6.45, 7) is 2.62. The van der Waals surface area contributed by atoms with Crippen molar-refractivity contribution in [2.75, 3.05) is 12.4 Å². The highest BCUT2D eigenvalue weighted by atomic mass is 35.5. The van der Waals surface area contributed by atoms with Gasteiger partial charge in [0.1, 0.15) is 5.56 Å². The fourth-order valence-corrected chi connectivity index (χ4v) is 3.97. The third-order valence-electron chi connectivity index (χ3n) is 3.31. The molecule has 0 spiro atoms. The van der Waals surface area contributed by atoms with Crippen molar-refractivity contribution in [3.63, 3.8) is 0 Å². The van der Waals surface area contributed by atoms with Gasteiger partial charge in [-0.3, -0.25) is 4.79 Å². The van der Waals surface area contributed by atoms with E-state index in [2.05, 4.69) is 0 Å². The molecule has 0 saturated heterocycles. The topological polar surface area (TPSA) is 48.3 Å². The van der Waals surface area contributed by atoms with Crippen molar-refractivity contribution in [3.8, 4) is 0 Å². The highest BCUT2D eigenvalue weighted by molar-refractivity contribution is 7.99. The zero-order valence-corrected chi connectivity index (χ0v) is 13.4. The molecule has 1 aromatic heterocycles. The van der Waals surface area contributed by atoms with Crippen LogP contribution in [0.25, 0.3) is 10.9 Å². The lowest BCUT2D eigenvalue weighted by atomic mass is 10.1. The number of halogens is 2. The maximum atomic E-state index is 12.7. The van der Waals surface area contributed by atoms with E-state index in [1.807, 2.05) is 4.57 Å². The van der Waals surface area contributed by atoms with Gasteiger partial charge in [0.05, 0.1) is 32.6 Å². The number of ether oxygens (including phenoxy) is 1. The molecular formula is C14H11Cl2NO3S. The largest absolute Gasteiger partial charge is 0.462 e. The molecule has 0 bridgehead atoms. The first-order valence-corrected chi connectivity index (χ1v) is 8.14. The molecule has 0 unspecified atom stereocenters. The average Bonchev–Trinajstić information content (AvgIpc) is 2.91. The molecule has 1 aliphatic rings. The number of aryl methyl sites for hydroxylation is 1. The maximum Gasteiger partial charge on any atom is 0.344 e. The van der Waals surface area contributed by atoms with Gasteiger partial charge in [-0.15, -0.1) is 11.8 Å². The van der Waals surface area contributed by atoms with E-state index in [1.54, 1.807) is 19.1 Å². The molecule has 110 valence electrons. The highest BCUT2D eigenvalue weighted by Gasteiger charge is 2.28. The van der Waals surface area contributed by atoms with E-state index < -0.39 is 11.4 Å². The summed E-state index contributed by atoms with van der Waals surface area (Å²) in [6, 6.07) is 3.42. The van der Waals surface area contributed by atoms with E-state index in [0.717, 1.165) is 5.75 Å². The summed E-state index contributed by atoms with van der Waals surface area (Å²) in [4.78, 5) is 24.8. The number of hydrogen-bond acceptors (Lipinski definition) is 4. The summed E-state index contributed by atoms with van der Waals surface area (Å²) in [5.74, 6) is 0.184. The Morgan fingerprint density at radius 3 is 2.90 bits per heavy atom. The van der Waals surface area contributed by atoms with Gasteiger partial charge in [-0.25, -0.2) is 4.79 Å². The standard InChI is InChI=1S/C14H11Cl2NO3S/c1-2-20-14(19)10-12(18)9-8(4-3-7(15)11(9)16)17-5-6-21-13(10)17/h3-4H,2,5-6H2,1H3. The third-order valence-corrected chi connectivity index (χ3v) is 5.20. The molecule has 0 atom stereocenters. The Hall–Kier alpha value is -1.17. The Balaban J connectivity index is 2.44. The molecule has 1 aromatic carbocycles.